The maximum absolute atomic E-state index is 12.3. The van der Waals surface area contributed by atoms with Crippen LogP contribution in [0.15, 0.2) is 41.8 Å². The van der Waals surface area contributed by atoms with E-state index in [-0.39, 0.29) is 18.4 Å². The number of rotatable bonds is 8. The zero-order valence-corrected chi connectivity index (χ0v) is 15.1. The number of amides is 3. The van der Waals surface area contributed by atoms with Crippen molar-refractivity contribution in [3.63, 3.8) is 0 Å². The van der Waals surface area contributed by atoms with E-state index in [4.69, 9.17) is 10.5 Å². The monoisotopic (exact) mass is 361 g/mol. The van der Waals surface area contributed by atoms with Crippen molar-refractivity contribution < 1.29 is 14.3 Å². The second-order valence-electron chi connectivity index (χ2n) is 5.83. The first kappa shape index (κ1) is 18.8. The van der Waals surface area contributed by atoms with Gasteiger partial charge in [0.05, 0.1) is 18.6 Å². The van der Waals surface area contributed by atoms with Crippen LogP contribution in [-0.4, -0.2) is 18.0 Å². The Hall–Kier alpha value is -2.54. The molecule has 2 aromatic rings. The van der Waals surface area contributed by atoms with Crippen LogP contribution >= 0.6 is 11.3 Å². The Labute approximate surface area is 151 Å². The second-order valence-corrected chi connectivity index (χ2v) is 6.81. The first-order chi connectivity index (χ1) is 12.0. The van der Waals surface area contributed by atoms with E-state index in [0.717, 1.165) is 16.2 Å². The predicted molar refractivity (Wildman–Crippen MR) is 98.4 cm³/mol. The van der Waals surface area contributed by atoms with Gasteiger partial charge in [0.2, 0.25) is 5.91 Å². The summed E-state index contributed by atoms with van der Waals surface area (Å²) < 4.78 is 5.75. The Morgan fingerprint density at radius 1 is 1.20 bits per heavy atom. The lowest BCUT2D eigenvalue weighted by atomic mass is 10.1. The van der Waals surface area contributed by atoms with Crippen molar-refractivity contribution in [2.45, 2.75) is 39.0 Å². The molecule has 1 atom stereocenters. The van der Waals surface area contributed by atoms with E-state index in [1.807, 2.05) is 55.6 Å². The molecule has 25 heavy (non-hydrogen) atoms. The average Bonchev–Trinajstić information content (AvgIpc) is 3.07. The Balaban J connectivity index is 1.96. The fourth-order valence-corrected chi connectivity index (χ4v) is 3.13. The molecule has 4 N–H and O–H groups in total. The smallest absolute Gasteiger partial charge is 0.312 e. The molecule has 0 bridgehead atoms. The van der Waals surface area contributed by atoms with Gasteiger partial charge in [0.1, 0.15) is 5.75 Å². The molecule has 6 nitrogen and oxygen atoms in total. The van der Waals surface area contributed by atoms with E-state index in [9.17, 15) is 9.59 Å². The highest BCUT2D eigenvalue weighted by Crippen LogP contribution is 2.22. The lowest BCUT2D eigenvalue weighted by Gasteiger charge is -2.17. The molecule has 0 aliphatic heterocycles. The largest absolute Gasteiger partial charge is 0.491 e. The first-order valence-electron chi connectivity index (χ1n) is 8.06. The number of hydrogen-bond donors (Lipinski definition) is 3. The van der Waals surface area contributed by atoms with Crippen LogP contribution in [0.25, 0.3) is 0 Å². The second kappa shape index (κ2) is 9.08. The number of urea groups is 1. The van der Waals surface area contributed by atoms with Crippen molar-refractivity contribution >= 4 is 23.3 Å². The summed E-state index contributed by atoms with van der Waals surface area (Å²) in [5, 5.41) is 7.38. The summed E-state index contributed by atoms with van der Waals surface area (Å²) in [4.78, 5) is 24.4. The van der Waals surface area contributed by atoms with Gasteiger partial charge in [0, 0.05) is 17.0 Å². The number of primary amides is 1. The number of hydrogen-bond acceptors (Lipinski definition) is 4. The summed E-state index contributed by atoms with van der Waals surface area (Å²) in [6.45, 7) is 4.27. The van der Waals surface area contributed by atoms with Crippen molar-refractivity contribution in [3.8, 4) is 5.75 Å². The van der Waals surface area contributed by atoms with Gasteiger partial charge in [0.15, 0.2) is 0 Å². The lowest BCUT2D eigenvalue weighted by molar-refractivity contribution is -0.121. The van der Waals surface area contributed by atoms with Crippen LogP contribution in [0, 0.1) is 0 Å². The SMILES string of the molecule is CC(C)Oc1ccccc1CNC(=O)CC(NC(N)=O)c1cccs1. The third kappa shape index (κ3) is 6.11. The zero-order chi connectivity index (χ0) is 18.2. The van der Waals surface area contributed by atoms with Crippen LogP contribution in [0.3, 0.4) is 0 Å². The quantitative estimate of drug-likeness (QED) is 0.675. The third-order valence-corrected chi connectivity index (χ3v) is 4.39. The minimum Gasteiger partial charge on any atom is -0.491 e. The summed E-state index contributed by atoms with van der Waals surface area (Å²) in [7, 11) is 0. The zero-order valence-electron chi connectivity index (χ0n) is 14.3. The highest BCUT2D eigenvalue weighted by molar-refractivity contribution is 7.10. The molecule has 0 radical (unpaired) electrons. The van der Waals surface area contributed by atoms with E-state index >= 15 is 0 Å². The van der Waals surface area contributed by atoms with Gasteiger partial charge in [0.25, 0.3) is 0 Å². The molecule has 1 aromatic carbocycles. The molecule has 0 fully saturated rings. The maximum atomic E-state index is 12.3. The molecule has 0 saturated carbocycles. The molecule has 0 saturated heterocycles. The fraction of sp³-hybridized carbons (Fsp3) is 0.333. The van der Waals surface area contributed by atoms with Gasteiger partial charge in [-0.1, -0.05) is 24.3 Å². The highest BCUT2D eigenvalue weighted by atomic mass is 32.1. The van der Waals surface area contributed by atoms with Crippen LogP contribution in [0.4, 0.5) is 4.79 Å². The summed E-state index contributed by atoms with van der Waals surface area (Å²) in [5.74, 6) is 0.578. The standard InChI is InChI=1S/C18H23N3O3S/c1-12(2)24-15-7-4-3-6-13(15)11-20-17(22)10-14(21-18(19)23)16-8-5-9-25-16/h3-9,12,14H,10-11H2,1-2H3,(H,20,22)(H3,19,21,23). The van der Waals surface area contributed by atoms with Gasteiger partial charge in [-0.3, -0.25) is 4.79 Å². The number of benzene rings is 1. The van der Waals surface area contributed by atoms with Crippen LogP contribution in [0.1, 0.15) is 36.8 Å². The predicted octanol–water partition coefficient (Wildman–Crippen LogP) is 2.95. The van der Waals surface area contributed by atoms with E-state index in [0.29, 0.717) is 6.54 Å². The van der Waals surface area contributed by atoms with Gasteiger partial charge in [-0.25, -0.2) is 4.79 Å². The molecule has 2 rings (SSSR count). The number of nitrogens with two attached hydrogens (primary N) is 1. The van der Waals surface area contributed by atoms with Crippen molar-refractivity contribution in [2.24, 2.45) is 5.73 Å². The van der Waals surface area contributed by atoms with Crippen LogP contribution in [-0.2, 0) is 11.3 Å². The molecular formula is C18H23N3O3S. The maximum Gasteiger partial charge on any atom is 0.312 e. The molecule has 0 aliphatic carbocycles. The van der Waals surface area contributed by atoms with Gasteiger partial charge in [-0.15, -0.1) is 11.3 Å². The van der Waals surface area contributed by atoms with E-state index < -0.39 is 12.1 Å². The highest BCUT2D eigenvalue weighted by Gasteiger charge is 2.18. The fourth-order valence-electron chi connectivity index (χ4n) is 2.35. The number of para-hydroxylation sites is 1. The minimum atomic E-state index is -0.651. The summed E-state index contributed by atoms with van der Waals surface area (Å²) in [6, 6.07) is 10.2. The van der Waals surface area contributed by atoms with Crippen LogP contribution in [0.5, 0.6) is 5.75 Å². The first-order valence-corrected chi connectivity index (χ1v) is 8.94. The van der Waals surface area contributed by atoms with Crippen LogP contribution < -0.4 is 21.1 Å². The van der Waals surface area contributed by atoms with Gasteiger partial charge < -0.3 is 21.1 Å². The minimum absolute atomic E-state index is 0.0554. The molecule has 134 valence electrons. The Bertz CT molecular complexity index is 701. The van der Waals surface area contributed by atoms with Crippen molar-refractivity contribution in [1.29, 1.82) is 0 Å². The number of carbonyl (C=O) groups is 2. The molecule has 7 heteroatoms. The number of nitrogens with one attached hydrogen (secondary N) is 2. The summed E-state index contributed by atoms with van der Waals surface area (Å²) >= 11 is 1.47. The topological polar surface area (TPSA) is 93.4 Å². The molecule has 1 unspecified atom stereocenters. The number of thiophene rings is 1. The summed E-state index contributed by atoms with van der Waals surface area (Å²) in [5.41, 5.74) is 6.12. The van der Waals surface area contributed by atoms with Crippen molar-refractivity contribution in [1.82, 2.24) is 10.6 Å². The lowest BCUT2D eigenvalue weighted by Crippen LogP contribution is -2.36. The molecule has 0 aliphatic rings. The van der Waals surface area contributed by atoms with Crippen LogP contribution in [0.2, 0.25) is 0 Å². The van der Waals surface area contributed by atoms with Gasteiger partial charge >= 0.3 is 6.03 Å². The Morgan fingerprint density at radius 2 is 1.96 bits per heavy atom. The Kier molecular flexibility index (Phi) is 6.82. The normalized spacial score (nSPS) is 11.8. The average molecular weight is 361 g/mol. The molecule has 3 amide bonds. The van der Waals surface area contributed by atoms with Gasteiger partial charge in [-0.05, 0) is 31.4 Å². The van der Waals surface area contributed by atoms with Crippen molar-refractivity contribution in [3.05, 3.63) is 52.2 Å². The number of ether oxygens (including phenoxy) is 1. The number of carbonyl (C=O) groups excluding carboxylic acids is 2. The molecule has 1 heterocycles. The van der Waals surface area contributed by atoms with Gasteiger partial charge in [-0.2, -0.15) is 0 Å². The molecule has 0 spiro atoms. The van der Waals surface area contributed by atoms with E-state index in [1.54, 1.807) is 0 Å². The van der Waals surface area contributed by atoms with Crippen molar-refractivity contribution in [2.75, 3.05) is 0 Å². The summed E-state index contributed by atoms with van der Waals surface area (Å²) in [6.07, 6.45) is 0.177. The Morgan fingerprint density at radius 3 is 2.60 bits per heavy atom. The molecular weight excluding hydrogens is 338 g/mol. The molecule has 1 aromatic heterocycles. The third-order valence-electron chi connectivity index (χ3n) is 3.40. The van der Waals surface area contributed by atoms with E-state index in [2.05, 4.69) is 10.6 Å². The van der Waals surface area contributed by atoms with E-state index in [1.165, 1.54) is 11.3 Å².